The van der Waals surface area contributed by atoms with Gasteiger partial charge in [-0.3, -0.25) is 5.32 Å². The van der Waals surface area contributed by atoms with Crippen molar-refractivity contribution in [2.45, 2.75) is 39.5 Å². The minimum atomic E-state index is -0.593. The summed E-state index contributed by atoms with van der Waals surface area (Å²) in [5.74, 6) is 1.11. The summed E-state index contributed by atoms with van der Waals surface area (Å²) in [5.41, 5.74) is 0.251. The maximum atomic E-state index is 12.2. The molecule has 0 spiro atoms. The number of pyridine rings is 1. The highest BCUT2D eigenvalue weighted by atomic mass is 16.5. The first-order valence-electron chi connectivity index (χ1n) is 8.52. The summed E-state index contributed by atoms with van der Waals surface area (Å²) in [4.78, 5) is 16.3. The lowest BCUT2D eigenvalue weighted by atomic mass is 10.0. The zero-order valence-electron chi connectivity index (χ0n) is 14.6. The molecule has 2 aromatic heterocycles. The third-order valence-corrected chi connectivity index (χ3v) is 3.97. The molecule has 0 aliphatic carbocycles. The summed E-state index contributed by atoms with van der Waals surface area (Å²) in [6.45, 7) is 4.59. The first-order chi connectivity index (χ1) is 12.2. The number of hydrogen-bond acceptors (Lipinski definition) is 5. The molecule has 1 unspecified atom stereocenters. The van der Waals surface area contributed by atoms with E-state index in [1.54, 1.807) is 24.4 Å². The minimum absolute atomic E-state index is 0.251. The second-order valence-corrected chi connectivity index (χ2v) is 5.76. The number of nitrogens with zero attached hydrogens (tertiary/aromatic N) is 4. The van der Waals surface area contributed by atoms with Gasteiger partial charge in [-0.1, -0.05) is 39.2 Å². The quantitative estimate of drug-likeness (QED) is 0.786. The van der Waals surface area contributed by atoms with E-state index in [1.807, 2.05) is 6.07 Å². The molecule has 0 saturated heterocycles. The maximum absolute atomic E-state index is 12.2. The molecule has 2 heterocycles. The Bertz CT molecular complexity index is 721. The SMILES string of the molecule is CCCCC(CC)COC(=O)Nc1c(C#N)cnn1-c1ccccn1. The van der Waals surface area contributed by atoms with Crippen LogP contribution in [0.25, 0.3) is 5.82 Å². The van der Waals surface area contributed by atoms with E-state index in [9.17, 15) is 10.1 Å². The molecule has 0 radical (unpaired) electrons. The van der Waals surface area contributed by atoms with Crippen LogP contribution < -0.4 is 5.32 Å². The van der Waals surface area contributed by atoms with E-state index in [1.165, 1.54) is 10.9 Å². The highest BCUT2D eigenvalue weighted by Crippen LogP contribution is 2.19. The number of ether oxygens (including phenoxy) is 1. The van der Waals surface area contributed by atoms with Gasteiger partial charge in [0.2, 0.25) is 0 Å². The monoisotopic (exact) mass is 341 g/mol. The molecule has 0 aliphatic rings. The zero-order chi connectivity index (χ0) is 18.1. The molecule has 0 aliphatic heterocycles. The topological polar surface area (TPSA) is 92.8 Å². The van der Waals surface area contributed by atoms with Gasteiger partial charge in [-0.2, -0.15) is 15.0 Å². The Balaban J connectivity index is 2.05. The lowest BCUT2D eigenvalue weighted by Gasteiger charge is -2.15. The molecule has 0 fully saturated rings. The van der Waals surface area contributed by atoms with E-state index in [2.05, 4.69) is 29.2 Å². The number of unbranched alkanes of at least 4 members (excludes halogenated alkanes) is 1. The third-order valence-electron chi connectivity index (χ3n) is 3.97. The number of carbonyl (C=O) groups excluding carboxylic acids is 1. The fourth-order valence-corrected chi connectivity index (χ4v) is 2.43. The second-order valence-electron chi connectivity index (χ2n) is 5.76. The number of anilines is 1. The lowest BCUT2D eigenvalue weighted by Crippen LogP contribution is -2.21. The summed E-state index contributed by atoms with van der Waals surface area (Å²) >= 11 is 0. The van der Waals surface area contributed by atoms with Gasteiger partial charge in [0.15, 0.2) is 11.6 Å². The molecule has 2 aromatic rings. The molecule has 25 heavy (non-hydrogen) atoms. The van der Waals surface area contributed by atoms with Crippen LogP contribution in [0.3, 0.4) is 0 Å². The number of nitrogens with one attached hydrogen (secondary N) is 1. The summed E-state index contributed by atoms with van der Waals surface area (Å²) in [6, 6.07) is 7.33. The normalized spacial score (nSPS) is 11.6. The zero-order valence-corrected chi connectivity index (χ0v) is 14.6. The molecular formula is C18H23N5O2. The van der Waals surface area contributed by atoms with Crippen molar-refractivity contribution >= 4 is 11.9 Å². The van der Waals surface area contributed by atoms with Crippen molar-refractivity contribution in [2.24, 2.45) is 5.92 Å². The smallest absolute Gasteiger partial charge is 0.412 e. The van der Waals surface area contributed by atoms with Crippen LogP contribution in [-0.2, 0) is 4.74 Å². The van der Waals surface area contributed by atoms with Crippen LogP contribution >= 0.6 is 0 Å². The van der Waals surface area contributed by atoms with Gasteiger partial charge >= 0.3 is 6.09 Å². The minimum Gasteiger partial charge on any atom is -0.449 e. The Kier molecular flexibility index (Phi) is 6.96. The first-order valence-corrected chi connectivity index (χ1v) is 8.52. The van der Waals surface area contributed by atoms with Gasteiger partial charge in [0.05, 0.1) is 12.8 Å². The first kappa shape index (κ1) is 18.5. The van der Waals surface area contributed by atoms with Crippen LogP contribution in [-0.4, -0.2) is 27.5 Å². The molecule has 1 atom stereocenters. The molecule has 1 amide bonds. The number of hydrogen-bond donors (Lipinski definition) is 1. The van der Waals surface area contributed by atoms with Gasteiger partial charge < -0.3 is 4.74 Å². The van der Waals surface area contributed by atoms with Gasteiger partial charge in [-0.25, -0.2) is 9.78 Å². The van der Waals surface area contributed by atoms with Crippen molar-refractivity contribution in [3.05, 3.63) is 36.2 Å². The molecule has 0 bridgehead atoms. The van der Waals surface area contributed by atoms with Gasteiger partial charge in [-0.05, 0) is 24.5 Å². The lowest BCUT2D eigenvalue weighted by molar-refractivity contribution is 0.136. The standard InChI is InChI=1S/C18H23N5O2/c1-3-5-8-14(4-2)13-25-18(24)22-17-15(11-19)12-21-23(17)16-9-6-7-10-20-16/h6-7,9-10,12,14H,3-5,8,13H2,1-2H3,(H,22,24). The number of aromatic nitrogens is 3. The summed E-state index contributed by atoms with van der Waals surface area (Å²) in [7, 11) is 0. The molecule has 132 valence electrons. The molecule has 7 nitrogen and oxygen atoms in total. The average molecular weight is 341 g/mol. The fourth-order valence-electron chi connectivity index (χ4n) is 2.43. The van der Waals surface area contributed by atoms with Crippen molar-refractivity contribution in [3.63, 3.8) is 0 Å². The Morgan fingerprint density at radius 3 is 2.92 bits per heavy atom. The average Bonchev–Trinajstić information content (AvgIpc) is 3.05. The van der Waals surface area contributed by atoms with E-state index in [-0.39, 0.29) is 11.4 Å². The third kappa shape index (κ3) is 5.05. The van der Waals surface area contributed by atoms with Crippen LogP contribution in [0.5, 0.6) is 0 Å². The van der Waals surface area contributed by atoms with Crippen molar-refractivity contribution in [1.29, 1.82) is 5.26 Å². The second kappa shape index (κ2) is 9.42. The number of amides is 1. The van der Waals surface area contributed by atoms with Crippen LogP contribution in [0.15, 0.2) is 30.6 Å². The Morgan fingerprint density at radius 2 is 2.28 bits per heavy atom. The van der Waals surface area contributed by atoms with E-state index >= 15 is 0 Å². The van der Waals surface area contributed by atoms with Crippen LogP contribution in [0.4, 0.5) is 10.6 Å². The largest absolute Gasteiger partial charge is 0.449 e. The van der Waals surface area contributed by atoms with Crippen molar-refractivity contribution in [1.82, 2.24) is 14.8 Å². The van der Waals surface area contributed by atoms with E-state index in [0.29, 0.717) is 18.3 Å². The number of carbonyl (C=O) groups is 1. The molecule has 2 rings (SSSR count). The summed E-state index contributed by atoms with van der Waals surface area (Å²) in [5, 5.41) is 16.0. The summed E-state index contributed by atoms with van der Waals surface area (Å²) in [6.07, 6.45) is 6.65. The van der Waals surface area contributed by atoms with Crippen LogP contribution in [0, 0.1) is 17.2 Å². The van der Waals surface area contributed by atoms with E-state index in [4.69, 9.17) is 4.74 Å². The predicted molar refractivity (Wildman–Crippen MR) is 94.4 cm³/mol. The van der Waals surface area contributed by atoms with Crippen molar-refractivity contribution < 1.29 is 9.53 Å². The molecule has 0 saturated carbocycles. The highest BCUT2D eigenvalue weighted by Gasteiger charge is 2.17. The van der Waals surface area contributed by atoms with E-state index in [0.717, 1.165) is 25.7 Å². The van der Waals surface area contributed by atoms with Gasteiger partial charge in [0, 0.05) is 6.20 Å². The van der Waals surface area contributed by atoms with Gasteiger partial charge in [0.25, 0.3) is 0 Å². The Labute approximate surface area is 147 Å². The number of rotatable bonds is 8. The van der Waals surface area contributed by atoms with Crippen molar-refractivity contribution in [2.75, 3.05) is 11.9 Å². The van der Waals surface area contributed by atoms with Crippen molar-refractivity contribution in [3.8, 4) is 11.9 Å². The summed E-state index contributed by atoms with van der Waals surface area (Å²) < 4.78 is 6.75. The highest BCUT2D eigenvalue weighted by molar-refractivity contribution is 5.85. The predicted octanol–water partition coefficient (Wildman–Crippen LogP) is 3.90. The Hall–Kier alpha value is -2.88. The molecule has 0 aromatic carbocycles. The molecular weight excluding hydrogens is 318 g/mol. The van der Waals surface area contributed by atoms with Gasteiger partial charge in [-0.15, -0.1) is 0 Å². The Morgan fingerprint density at radius 1 is 1.44 bits per heavy atom. The maximum Gasteiger partial charge on any atom is 0.412 e. The molecule has 7 heteroatoms. The van der Waals surface area contributed by atoms with E-state index < -0.39 is 6.09 Å². The molecule has 1 N–H and O–H groups in total. The number of nitriles is 1. The van der Waals surface area contributed by atoms with Crippen LogP contribution in [0.2, 0.25) is 0 Å². The fraction of sp³-hybridized carbons (Fsp3) is 0.444. The van der Waals surface area contributed by atoms with Gasteiger partial charge in [0.1, 0.15) is 11.6 Å². The van der Waals surface area contributed by atoms with Crippen LogP contribution in [0.1, 0.15) is 45.1 Å².